The van der Waals surface area contributed by atoms with Gasteiger partial charge < -0.3 is 0 Å². The molecular formula is C6H5BN3-. The van der Waals surface area contributed by atoms with E-state index < -0.39 is 6.15 Å². The van der Waals surface area contributed by atoms with Gasteiger partial charge in [-0.3, -0.25) is 0 Å². The zero-order valence-electron chi connectivity index (χ0n) is 5.41. The first-order valence-corrected chi connectivity index (χ1v) is 2.76. The zero-order chi connectivity index (χ0) is 8.04. The molecule has 0 aromatic heterocycles. The number of rotatable bonds is 2. The van der Waals surface area contributed by atoms with E-state index >= 15 is 0 Å². The first kappa shape index (κ1) is 8.27. The molecule has 10 heavy (non-hydrogen) atoms. The summed E-state index contributed by atoms with van der Waals surface area (Å²) < 4.78 is 0. The van der Waals surface area contributed by atoms with Crippen LogP contribution in [0.4, 0.5) is 0 Å². The molecule has 0 heterocycles. The van der Waals surface area contributed by atoms with E-state index in [1.165, 1.54) is 6.08 Å². The third kappa shape index (κ3) is 1.37. The third-order valence-corrected chi connectivity index (χ3v) is 1.18. The van der Waals surface area contributed by atoms with Crippen LogP contribution in [0.5, 0.6) is 0 Å². The summed E-state index contributed by atoms with van der Waals surface area (Å²) in [6.45, 7) is 3.35. The van der Waals surface area contributed by atoms with Crippen LogP contribution in [0.1, 0.15) is 0 Å². The van der Waals surface area contributed by atoms with Crippen molar-refractivity contribution in [1.29, 1.82) is 15.8 Å². The Labute approximate surface area is 59.7 Å². The molecule has 0 saturated heterocycles. The molecule has 0 aromatic carbocycles. The molecule has 0 aromatic rings. The maximum Gasteiger partial charge on any atom is 0.301 e. The van der Waals surface area contributed by atoms with Crippen LogP contribution in [0.15, 0.2) is 12.7 Å². The van der Waals surface area contributed by atoms with Crippen molar-refractivity contribution in [2.45, 2.75) is 6.32 Å². The molecule has 0 rings (SSSR count). The van der Waals surface area contributed by atoms with Gasteiger partial charge in [0.05, 0.1) is 0 Å². The molecule has 0 radical (unpaired) electrons. The van der Waals surface area contributed by atoms with Gasteiger partial charge in [-0.15, -0.1) is 36.9 Å². The monoisotopic (exact) mass is 130 g/mol. The minimum atomic E-state index is -2.15. The molecule has 48 valence electrons. The van der Waals surface area contributed by atoms with Gasteiger partial charge in [0.25, 0.3) is 0 Å². The number of allylic oxidation sites excluding steroid dienone is 1. The molecule has 0 unspecified atom stereocenters. The molecule has 0 aliphatic rings. The van der Waals surface area contributed by atoms with E-state index in [0.29, 0.717) is 0 Å². The van der Waals surface area contributed by atoms with E-state index in [2.05, 4.69) is 6.58 Å². The van der Waals surface area contributed by atoms with Crippen LogP contribution in [0.25, 0.3) is 0 Å². The van der Waals surface area contributed by atoms with Gasteiger partial charge in [0, 0.05) is 0 Å². The highest BCUT2D eigenvalue weighted by atomic mass is 14.3. The summed E-state index contributed by atoms with van der Waals surface area (Å²) in [5.41, 5.74) is 0. The van der Waals surface area contributed by atoms with Crippen LogP contribution in [0, 0.1) is 33.7 Å². The average molecular weight is 130 g/mol. The fourth-order valence-electron chi connectivity index (χ4n) is 0.495. The standard InChI is InChI=1S/C6H5BN3/c1-2-3-7(4-8,5-9)6-10/h2H,1,3H2/q-1. The Morgan fingerprint density at radius 3 is 1.70 bits per heavy atom. The number of hydrogen-bond acceptors (Lipinski definition) is 3. The maximum absolute atomic E-state index is 8.39. The highest BCUT2D eigenvalue weighted by molar-refractivity contribution is 6.99. The van der Waals surface area contributed by atoms with Crippen LogP contribution in [0.2, 0.25) is 6.32 Å². The molecule has 3 nitrogen and oxygen atoms in total. The van der Waals surface area contributed by atoms with Gasteiger partial charge >= 0.3 is 6.15 Å². The lowest BCUT2D eigenvalue weighted by Crippen LogP contribution is -2.28. The Bertz CT molecular complexity index is 214. The fraction of sp³-hybridized carbons (Fsp3) is 0.167. The Morgan fingerprint density at radius 2 is 1.60 bits per heavy atom. The molecule has 0 atom stereocenters. The highest BCUT2D eigenvalue weighted by Crippen LogP contribution is 2.05. The van der Waals surface area contributed by atoms with Gasteiger partial charge in [0.2, 0.25) is 0 Å². The maximum atomic E-state index is 8.39. The Balaban J connectivity index is 4.60. The van der Waals surface area contributed by atoms with Crippen molar-refractivity contribution in [2.24, 2.45) is 0 Å². The molecular weight excluding hydrogens is 125 g/mol. The van der Waals surface area contributed by atoms with Crippen molar-refractivity contribution in [3.8, 4) is 17.9 Å². The summed E-state index contributed by atoms with van der Waals surface area (Å²) in [5, 5.41) is 25.2. The second-order valence-electron chi connectivity index (χ2n) is 1.96. The Morgan fingerprint density at radius 1 is 1.20 bits per heavy atom. The molecule has 0 bridgehead atoms. The summed E-state index contributed by atoms with van der Waals surface area (Å²) in [7, 11) is 0. The predicted octanol–water partition coefficient (Wildman–Crippen LogP) is 0.810. The summed E-state index contributed by atoms with van der Waals surface area (Å²) >= 11 is 0. The number of nitrogens with zero attached hydrogens (tertiary/aromatic N) is 3. The van der Waals surface area contributed by atoms with Crippen molar-refractivity contribution >= 4 is 6.15 Å². The smallest absolute Gasteiger partial charge is 0.247 e. The molecule has 0 spiro atoms. The van der Waals surface area contributed by atoms with Crippen molar-refractivity contribution in [2.75, 3.05) is 0 Å². The highest BCUT2D eigenvalue weighted by Gasteiger charge is 2.21. The Kier molecular flexibility index (Phi) is 2.76. The normalized spacial score (nSPS) is 8.50. The van der Waals surface area contributed by atoms with Crippen molar-refractivity contribution in [3.63, 3.8) is 0 Å². The summed E-state index contributed by atoms with van der Waals surface area (Å²) in [5.74, 6) is 5.05. The van der Waals surface area contributed by atoms with E-state index in [1.807, 2.05) is 0 Å². The second-order valence-corrected chi connectivity index (χ2v) is 1.96. The molecule has 0 aliphatic carbocycles. The predicted molar refractivity (Wildman–Crippen MR) is 37.6 cm³/mol. The van der Waals surface area contributed by atoms with Gasteiger partial charge in [-0.05, 0) is 0 Å². The number of hydrogen-bond donors (Lipinski definition) is 0. The lowest BCUT2D eigenvalue weighted by atomic mass is 9.27. The molecule has 0 amide bonds. The molecule has 0 fully saturated rings. The largest absolute Gasteiger partial charge is 0.301 e. The topological polar surface area (TPSA) is 71.4 Å². The van der Waals surface area contributed by atoms with E-state index in [0.717, 1.165) is 0 Å². The van der Waals surface area contributed by atoms with Crippen LogP contribution >= 0.6 is 0 Å². The van der Waals surface area contributed by atoms with Gasteiger partial charge in [-0.25, -0.2) is 15.8 Å². The van der Waals surface area contributed by atoms with E-state index in [-0.39, 0.29) is 6.32 Å². The molecule has 0 N–H and O–H groups in total. The van der Waals surface area contributed by atoms with E-state index in [1.54, 1.807) is 17.9 Å². The minimum absolute atomic E-state index is 0.156. The minimum Gasteiger partial charge on any atom is -0.247 e. The third-order valence-electron chi connectivity index (χ3n) is 1.18. The van der Waals surface area contributed by atoms with Gasteiger partial charge in [0.15, 0.2) is 0 Å². The van der Waals surface area contributed by atoms with Crippen molar-refractivity contribution in [1.82, 2.24) is 0 Å². The zero-order valence-corrected chi connectivity index (χ0v) is 5.41. The van der Waals surface area contributed by atoms with Crippen LogP contribution in [0.3, 0.4) is 0 Å². The SMILES string of the molecule is C=CC[B-](C#N)(C#N)C#N. The van der Waals surface area contributed by atoms with Crippen molar-refractivity contribution < 1.29 is 0 Å². The van der Waals surface area contributed by atoms with Crippen LogP contribution in [-0.2, 0) is 0 Å². The average Bonchev–Trinajstić information content (AvgIpc) is 2.01. The molecule has 4 heteroatoms. The van der Waals surface area contributed by atoms with Crippen molar-refractivity contribution in [3.05, 3.63) is 12.7 Å². The lowest BCUT2D eigenvalue weighted by Gasteiger charge is -2.09. The van der Waals surface area contributed by atoms with Gasteiger partial charge in [-0.2, -0.15) is 0 Å². The van der Waals surface area contributed by atoms with E-state index in [9.17, 15) is 0 Å². The Hall–Kier alpha value is -1.73. The lowest BCUT2D eigenvalue weighted by molar-refractivity contribution is 1.48. The van der Waals surface area contributed by atoms with E-state index in [4.69, 9.17) is 15.8 Å². The fourth-order valence-corrected chi connectivity index (χ4v) is 0.495. The second kappa shape index (κ2) is 3.33. The van der Waals surface area contributed by atoms with Crippen LogP contribution < -0.4 is 0 Å². The van der Waals surface area contributed by atoms with Crippen LogP contribution in [-0.4, -0.2) is 6.15 Å². The summed E-state index contributed by atoms with van der Waals surface area (Å²) in [6.07, 6.45) is -0.584. The first-order chi connectivity index (χ1) is 4.74. The first-order valence-electron chi connectivity index (χ1n) is 2.76. The quantitative estimate of drug-likeness (QED) is 0.410. The molecule has 0 saturated carbocycles. The summed E-state index contributed by atoms with van der Waals surface area (Å²) in [4.78, 5) is 0. The molecule has 0 aliphatic heterocycles. The number of nitriles is 3. The van der Waals surface area contributed by atoms with Gasteiger partial charge in [0.1, 0.15) is 0 Å². The summed E-state index contributed by atoms with van der Waals surface area (Å²) in [6, 6.07) is 0. The van der Waals surface area contributed by atoms with Gasteiger partial charge in [-0.1, -0.05) is 0 Å².